The Hall–Kier alpha value is -0.890. The van der Waals surface area contributed by atoms with Gasteiger partial charge in [0.2, 0.25) is 0 Å². The molecule has 1 aliphatic rings. The fourth-order valence-electron chi connectivity index (χ4n) is 2.92. The molecule has 0 saturated heterocycles. The molecule has 17 heavy (non-hydrogen) atoms. The van der Waals surface area contributed by atoms with E-state index in [1.807, 2.05) is 13.8 Å². The van der Waals surface area contributed by atoms with Crippen LogP contribution in [0.5, 0.6) is 0 Å². The molecule has 1 aromatic carbocycles. The molecule has 1 aliphatic carbocycles. The first-order chi connectivity index (χ1) is 8.04. The van der Waals surface area contributed by atoms with Gasteiger partial charge in [-0.2, -0.15) is 0 Å². The van der Waals surface area contributed by atoms with Crippen LogP contribution >= 0.6 is 0 Å². The second-order valence-corrected chi connectivity index (χ2v) is 5.37. The quantitative estimate of drug-likeness (QED) is 0.838. The molecule has 0 radical (unpaired) electrons. The average Bonchev–Trinajstić information content (AvgIpc) is 2.92. The highest BCUT2D eigenvalue weighted by Gasteiger charge is 2.40. The van der Waals surface area contributed by atoms with Gasteiger partial charge in [-0.3, -0.25) is 0 Å². The Labute approximate surface area is 103 Å². The summed E-state index contributed by atoms with van der Waals surface area (Å²) in [6.45, 7) is 9.42. The van der Waals surface area contributed by atoms with Crippen molar-refractivity contribution < 1.29 is 4.39 Å². The van der Waals surface area contributed by atoms with Gasteiger partial charge in [0, 0.05) is 6.04 Å². The summed E-state index contributed by atoms with van der Waals surface area (Å²) in [5, 5.41) is 3.57. The van der Waals surface area contributed by atoms with E-state index in [0.29, 0.717) is 6.04 Å². The van der Waals surface area contributed by atoms with E-state index in [9.17, 15) is 4.39 Å². The second-order valence-electron chi connectivity index (χ2n) is 5.37. The van der Waals surface area contributed by atoms with Crippen LogP contribution in [0.2, 0.25) is 0 Å². The molecule has 1 N–H and O–H groups in total. The molecule has 0 aliphatic heterocycles. The van der Waals surface area contributed by atoms with Gasteiger partial charge in [0.05, 0.1) is 0 Å². The molecular formula is C15H22FN. The molecule has 94 valence electrons. The number of rotatable bonds is 4. The number of benzene rings is 1. The zero-order valence-electron chi connectivity index (χ0n) is 11.2. The minimum atomic E-state index is -0.122. The van der Waals surface area contributed by atoms with Crippen molar-refractivity contribution in [3.63, 3.8) is 0 Å². The molecular weight excluding hydrogens is 213 g/mol. The molecule has 1 nitrogen and oxygen atoms in total. The van der Waals surface area contributed by atoms with Crippen molar-refractivity contribution in [2.24, 2.45) is 11.8 Å². The van der Waals surface area contributed by atoms with Gasteiger partial charge >= 0.3 is 0 Å². The Morgan fingerprint density at radius 1 is 1.35 bits per heavy atom. The summed E-state index contributed by atoms with van der Waals surface area (Å²) in [5.41, 5.74) is 3.46. The highest BCUT2D eigenvalue weighted by molar-refractivity contribution is 5.38. The van der Waals surface area contributed by atoms with E-state index in [0.717, 1.165) is 29.5 Å². The smallest absolute Gasteiger partial charge is 0.123 e. The largest absolute Gasteiger partial charge is 0.310 e. The molecule has 1 saturated carbocycles. The predicted octanol–water partition coefficient (Wildman–Crippen LogP) is 3.75. The molecule has 1 fully saturated rings. The summed E-state index contributed by atoms with van der Waals surface area (Å²) in [4.78, 5) is 0. The SMILES string of the molecule is CCNC(c1c(C)cc(F)cc1C)C1CC1C. The van der Waals surface area contributed by atoms with Crippen LogP contribution in [-0.2, 0) is 0 Å². The van der Waals surface area contributed by atoms with E-state index in [4.69, 9.17) is 0 Å². The van der Waals surface area contributed by atoms with Crippen LogP contribution in [0.15, 0.2) is 12.1 Å². The molecule has 2 heteroatoms. The van der Waals surface area contributed by atoms with E-state index in [-0.39, 0.29) is 5.82 Å². The van der Waals surface area contributed by atoms with Crippen molar-refractivity contribution in [3.05, 3.63) is 34.6 Å². The van der Waals surface area contributed by atoms with E-state index in [2.05, 4.69) is 19.2 Å². The molecule has 0 bridgehead atoms. The van der Waals surface area contributed by atoms with Gasteiger partial charge in [-0.25, -0.2) is 4.39 Å². The monoisotopic (exact) mass is 235 g/mol. The maximum Gasteiger partial charge on any atom is 0.123 e. The predicted molar refractivity (Wildman–Crippen MR) is 69.6 cm³/mol. The first-order valence-corrected chi connectivity index (χ1v) is 6.54. The van der Waals surface area contributed by atoms with Crippen LogP contribution in [0, 0.1) is 31.5 Å². The standard InChI is InChI=1S/C15H22FN/c1-5-17-15(13-8-9(13)2)14-10(3)6-12(16)7-11(14)4/h6-7,9,13,15,17H,5,8H2,1-4H3. The van der Waals surface area contributed by atoms with Gasteiger partial charge in [0.15, 0.2) is 0 Å². The van der Waals surface area contributed by atoms with E-state index < -0.39 is 0 Å². The summed E-state index contributed by atoms with van der Waals surface area (Å²) in [7, 11) is 0. The lowest BCUT2D eigenvalue weighted by molar-refractivity contribution is 0.470. The fraction of sp³-hybridized carbons (Fsp3) is 0.600. The van der Waals surface area contributed by atoms with Gasteiger partial charge in [0.1, 0.15) is 5.82 Å². The zero-order valence-corrected chi connectivity index (χ0v) is 11.2. The third-order valence-corrected chi connectivity index (χ3v) is 3.89. The molecule has 0 spiro atoms. The van der Waals surface area contributed by atoms with Crippen LogP contribution in [0.3, 0.4) is 0 Å². The first-order valence-electron chi connectivity index (χ1n) is 6.54. The molecule has 2 rings (SSSR count). The number of halogens is 1. The summed E-state index contributed by atoms with van der Waals surface area (Å²) in [5.74, 6) is 1.39. The van der Waals surface area contributed by atoms with Crippen LogP contribution in [0.1, 0.15) is 43.0 Å². The van der Waals surface area contributed by atoms with E-state index in [1.54, 1.807) is 12.1 Å². The maximum absolute atomic E-state index is 13.3. The average molecular weight is 235 g/mol. The third kappa shape index (κ3) is 2.52. The number of aryl methyl sites for hydroxylation is 2. The summed E-state index contributed by atoms with van der Waals surface area (Å²) < 4.78 is 13.3. The maximum atomic E-state index is 13.3. The van der Waals surface area contributed by atoms with Crippen LogP contribution in [0.25, 0.3) is 0 Å². The van der Waals surface area contributed by atoms with Gasteiger partial charge in [-0.1, -0.05) is 13.8 Å². The van der Waals surface area contributed by atoms with Crippen molar-refractivity contribution in [2.75, 3.05) is 6.54 Å². The zero-order chi connectivity index (χ0) is 12.6. The molecule has 1 aromatic rings. The minimum absolute atomic E-state index is 0.122. The summed E-state index contributed by atoms with van der Waals surface area (Å²) in [6.07, 6.45) is 1.29. The second kappa shape index (κ2) is 4.77. The summed E-state index contributed by atoms with van der Waals surface area (Å²) in [6, 6.07) is 3.70. The Bertz CT molecular complexity index is 390. The Balaban J connectivity index is 2.35. The number of hydrogen-bond donors (Lipinski definition) is 1. The van der Waals surface area contributed by atoms with Gasteiger partial charge < -0.3 is 5.32 Å². The molecule has 0 aromatic heterocycles. The van der Waals surface area contributed by atoms with Gasteiger partial charge in [0.25, 0.3) is 0 Å². The topological polar surface area (TPSA) is 12.0 Å². The van der Waals surface area contributed by atoms with Crippen LogP contribution in [-0.4, -0.2) is 6.54 Å². The van der Waals surface area contributed by atoms with Crippen molar-refractivity contribution in [2.45, 2.75) is 40.2 Å². The summed E-state index contributed by atoms with van der Waals surface area (Å²) >= 11 is 0. The van der Waals surface area contributed by atoms with Crippen molar-refractivity contribution in [1.29, 1.82) is 0 Å². The number of nitrogens with one attached hydrogen (secondary N) is 1. The van der Waals surface area contributed by atoms with Crippen LogP contribution in [0.4, 0.5) is 4.39 Å². The van der Waals surface area contributed by atoms with Crippen molar-refractivity contribution in [3.8, 4) is 0 Å². The van der Waals surface area contributed by atoms with Gasteiger partial charge in [-0.05, 0) is 67.5 Å². The molecule has 0 heterocycles. The van der Waals surface area contributed by atoms with Gasteiger partial charge in [-0.15, -0.1) is 0 Å². The highest BCUT2D eigenvalue weighted by Crippen LogP contribution is 2.48. The number of hydrogen-bond acceptors (Lipinski definition) is 1. The minimum Gasteiger partial charge on any atom is -0.310 e. The normalized spacial score (nSPS) is 24.8. The lowest BCUT2D eigenvalue weighted by atomic mass is 9.92. The van der Waals surface area contributed by atoms with E-state index >= 15 is 0 Å². The lowest BCUT2D eigenvalue weighted by Crippen LogP contribution is -2.25. The van der Waals surface area contributed by atoms with Crippen molar-refractivity contribution in [1.82, 2.24) is 5.32 Å². The first kappa shape index (κ1) is 12.6. The Morgan fingerprint density at radius 3 is 2.29 bits per heavy atom. The molecule has 3 unspecified atom stereocenters. The highest BCUT2D eigenvalue weighted by atomic mass is 19.1. The van der Waals surface area contributed by atoms with E-state index in [1.165, 1.54) is 12.0 Å². The molecule has 0 amide bonds. The third-order valence-electron chi connectivity index (χ3n) is 3.89. The van der Waals surface area contributed by atoms with Crippen LogP contribution < -0.4 is 5.32 Å². The Morgan fingerprint density at radius 2 is 1.88 bits per heavy atom. The molecule has 3 atom stereocenters. The lowest BCUT2D eigenvalue weighted by Gasteiger charge is -2.23. The Kier molecular flexibility index (Phi) is 3.53. The fourth-order valence-corrected chi connectivity index (χ4v) is 2.92. The van der Waals surface area contributed by atoms with Crippen molar-refractivity contribution >= 4 is 0 Å².